The number of halogens is 2. The molecule has 0 saturated heterocycles. The number of nitrogens with zero attached hydrogens (tertiary/aromatic N) is 2. The van der Waals surface area contributed by atoms with Crippen molar-refractivity contribution in [2.45, 2.75) is 6.61 Å². The molecule has 2 N–H and O–H groups in total. The largest absolute Gasteiger partial charge is 0.493 e. The predicted molar refractivity (Wildman–Crippen MR) is 119 cm³/mol. The molecule has 3 aromatic rings. The van der Waals surface area contributed by atoms with Gasteiger partial charge in [0.15, 0.2) is 11.5 Å². The highest BCUT2D eigenvalue weighted by molar-refractivity contribution is 9.10. The standard InChI is InChI=1S/C20H15BrClN3O6/c1-30-15-9-12(4-7-16-23-19(26)17(25(28)29)20(27)24-16)8-14(21)18(15)31-10-11-2-5-13(22)6-3-11/h2-9H,10H2,1H3,(H2,23,24,26,27)/b7-4-. The van der Waals surface area contributed by atoms with Crippen LogP contribution >= 0.6 is 27.5 Å². The Hall–Kier alpha value is -3.37. The van der Waals surface area contributed by atoms with Crippen molar-refractivity contribution < 1.29 is 19.5 Å². The third-order valence-electron chi connectivity index (χ3n) is 4.06. The van der Waals surface area contributed by atoms with Gasteiger partial charge in [0.05, 0.1) is 16.5 Å². The highest BCUT2D eigenvalue weighted by Crippen LogP contribution is 2.37. The molecule has 0 aliphatic heterocycles. The summed E-state index contributed by atoms with van der Waals surface area (Å²) in [6.07, 6.45) is 2.97. The van der Waals surface area contributed by atoms with Crippen LogP contribution in [0, 0.1) is 10.1 Å². The number of aromatic hydroxyl groups is 1. The highest BCUT2D eigenvalue weighted by Gasteiger charge is 2.21. The number of rotatable bonds is 7. The lowest BCUT2D eigenvalue weighted by molar-refractivity contribution is -0.387. The number of aromatic nitrogens is 2. The molecule has 0 atom stereocenters. The van der Waals surface area contributed by atoms with E-state index in [0.29, 0.717) is 33.2 Å². The summed E-state index contributed by atoms with van der Waals surface area (Å²) in [5.74, 6) is -0.0607. The third-order valence-corrected chi connectivity index (χ3v) is 4.90. The van der Waals surface area contributed by atoms with Gasteiger partial charge in [0, 0.05) is 5.02 Å². The molecular weight excluding hydrogens is 494 g/mol. The molecule has 0 radical (unpaired) electrons. The minimum atomic E-state index is -1.05. The van der Waals surface area contributed by atoms with Crippen LogP contribution in [0.25, 0.3) is 12.2 Å². The molecule has 1 aromatic heterocycles. The summed E-state index contributed by atoms with van der Waals surface area (Å²) in [5, 5.41) is 21.0. The molecule has 11 heteroatoms. The topological polar surface area (TPSA) is 128 Å². The smallest absolute Gasteiger partial charge is 0.395 e. The van der Waals surface area contributed by atoms with E-state index in [1.54, 1.807) is 30.3 Å². The van der Waals surface area contributed by atoms with Gasteiger partial charge >= 0.3 is 11.2 Å². The minimum Gasteiger partial charge on any atom is -0.493 e. The van der Waals surface area contributed by atoms with Crippen molar-refractivity contribution in [3.63, 3.8) is 0 Å². The van der Waals surface area contributed by atoms with Crippen molar-refractivity contribution >= 4 is 45.4 Å². The molecule has 1 heterocycles. The number of H-pyrrole nitrogens is 1. The van der Waals surface area contributed by atoms with E-state index in [1.165, 1.54) is 13.2 Å². The molecule has 2 aromatic carbocycles. The zero-order valence-electron chi connectivity index (χ0n) is 16.0. The second-order valence-electron chi connectivity index (χ2n) is 6.16. The van der Waals surface area contributed by atoms with E-state index in [0.717, 1.165) is 5.56 Å². The SMILES string of the molecule is COc1cc(/C=C\c2nc(O)c([N+](=O)[O-])c(=O)[nH]2)cc(Br)c1OCc1ccc(Cl)cc1. The Labute approximate surface area is 189 Å². The first-order valence-corrected chi connectivity index (χ1v) is 9.86. The van der Waals surface area contributed by atoms with Gasteiger partial charge in [-0.2, -0.15) is 4.98 Å². The summed E-state index contributed by atoms with van der Waals surface area (Å²) in [7, 11) is 1.50. The Kier molecular flexibility index (Phi) is 6.93. The normalized spacial score (nSPS) is 10.9. The predicted octanol–water partition coefficient (Wildman–Crippen LogP) is 4.56. The third kappa shape index (κ3) is 5.41. The number of hydrogen-bond donors (Lipinski definition) is 2. The fraction of sp³-hybridized carbons (Fsp3) is 0.100. The zero-order valence-corrected chi connectivity index (χ0v) is 18.3. The Morgan fingerprint density at radius 1 is 1.29 bits per heavy atom. The Morgan fingerprint density at radius 2 is 2.00 bits per heavy atom. The molecule has 0 aliphatic rings. The Bertz CT molecular complexity index is 1210. The number of hydrogen-bond acceptors (Lipinski definition) is 7. The van der Waals surface area contributed by atoms with Crippen LogP contribution in [0.4, 0.5) is 5.69 Å². The molecule has 0 saturated carbocycles. The van der Waals surface area contributed by atoms with Crippen LogP contribution in [-0.4, -0.2) is 27.1 Å². The summed E-state index contributed by atoms with van der Waals surface area (Å²) >= 11 is 9.34. The first-order chi connectivity index (χ1) is 14.8. The molecule has 160 valence electrons. The summed E-state index contributed by atoms with van der Waals surface area (Å²) in [6.45, 7) is 0.300. The van der Waals surface area contributed by atoms with Crippen LogP contribution in [0.15, 0.2) is 45.7 Å². The van der Waals surface area contributed by atoms with Crippen molar-refractivity contribution in [3.8, 4) is 17.4 Å². The average Bonchev–Trinajstić information content (AvgIpc) is 2.71. The molecule has 0 aliphatic carbocycles. The number of ether oxygens (including phenoxy) is 2. The van der Waals surface area contributed by atoms with Crippen molar-refractivity contribution in [1.29, 1.82) is 0 Å². The lowest BCUT2D eigenvalue weighted by Gasteiger charge is -2.13. The zero-order chi connectivity index (χ0) is 22.5. The van der Waals surface area contributed by atoms with Gasteiger partial charge in [-0.1, -0.05) is 29.8 Å². The fourth-order valence-electron chi connectivity index (χ4n) is 2.60. The minimum absolute atomic E-state index is 0.0498. The van der Waals surface area contributed by atoms with Crippen LogP contribution in [0.1, 0.15) is 17.0 Å². The summed E-state index contributed by atoms with van der Waals surface area (Å²) in [4.78, 5) is 27.3. The van der Waals surface area contributed by atoms with Crippen molar-refractivity contribution in [2.24, 2.45) is 0 Å². The van der Waals surface area contributed by atoms with Crippen LogP contribution in [0.5, 0.6) is 17.4 Å². The number of nitrogens with one attached hydrogen (secondary N) is 1. The van der Waals surface area contributed by atoms with E-state index in [2.05, 4.69) is 25.9 Å². The van der Waals surface area contributed by atoms with Crippen molar-refractivity contribution in [2.75, 3.05) is 7.11 Å². The first kappa shape index (κ1) is 22.3. The van der Waals surface area contributed by atoms with Crippen LogP contribution in [-0.2, 0) is 6.61 Å². The van der Waals surface area contributed by atoms with E-state index in [4.69, 9.17) is 21.1 Å². The number of benzene rings is 2. The second-order valence-corrected chi connectivity index (χ2v) is 7.45. The second kappa shape index (κ2) is 9.63. The van der Waals surface area contributed by atoms with Crippen LogP contribution < -0.4 is 15.0 Å². The lowest BCUT2D eigenvalue weighted by Crippen LogP contribution is -2.14. The molecule has 0 unspecified atom stereocenters. The summed E-state index contributed by atoms with van der Waals surface area (Å²) < 4.78 is 11.9. The van der Waals surface area contributed by atoms with Gasteiger partial charge < -0.3 is 19.6 Å². The molecule has 0 amide bonds. The summed E-state index contributed by atoms with van der Waals surface area (Å²) in [6, 6.07) is 10.7. The van der Waals surface area contributed by atoms with Gasteiger partial charge in [0.25, 0.3) is 5.88 Å². The Morgan fingerprint density at radius 3 is 2.61 bits per heavy atom. The lowest BCUT2D eigenvalue weighted by atomic mass is 10.2. The average molecular weight is 509 g/mol. The van der Waals surface area contributed by atoms with Crippen molar-refractivity contribution in [1.82, 2.24) is 9.97 Å². The van der Waals surface area contributed by atoms with E-state index in [-0.39, 0.29) is 5.82 Å². The highest BCUT2D eigenvalue weighted by atomic mass is 79.9. The van der Waals surface area contributed by atoms with E-state index in [9.17, 15) is 20.0 Å². The Balaban J connectivity index is 1.83. The molecule has 0 spiro atoms. The van der Waals surface area contributed by atoms with E-state index >= 15 is 0 Å². The van der Waals surface area contributed by atoms with Gasteiger partial charge in [-0.25, -0.2) is 0 Å². The van der Waals surface area contributed by atoms with Gasteiger partial charge in [0.2, 0.25) is 0 Å². The number of nitro groups is 1. The maximum Gasteiger partial charge on any atom is 0.395 e. The molecular formula is C20H15BrClN3O6. The van der Waals surface area contributed by atoms with Crippen LogP contribution in [0.2, 0.25) is 5.02 Å². The first-order valence-electron chi connectivity index (χ1n) is 8.69. The molecule has 3 rings (SSSR count). The van der Waals surface area contributed by atoms with Gasteiger partial charge in [-0.15, -0.1) is 0 Å². The maximum atomic E-state index is 11.7. The van der Waals surface area contributed by atoms with Crippen molar-refractivity contribution in [3.05, 3.63) is 83.3 Å². The number of methoxy groups -OCH3 is 1. The van der Waals surface area contributed by atoms with E-state index in [1.807, 2.05) is 12.1 Å². The van der Waals surface area contributed by atoms with Gasteiger partial charge in [-0.05, 0) is 57.4 Å². The van der Waals surface area contributed by atoms with Gasteiger partial charge in [-0.3, -0.25) is 14.9 Å². The summed E-state index contributed by atoms with van der Waals surface area (Å²) in [5.41, 5.74) is -0.482. The quantitative estimate of drug-likeness (QED) is 0.354. The number of aromatic amines is 1. The van der Waals surface area contributed by atoms with Crippen LogP contribution in [0.3, 0.4) is 0 Å². The van der Waals surface area contributed by atoms with Gasteiger partial charge in [0.1, 0.15) is 12.4 Å². The molecule has 31 heavy (non-hydrogen) atoms. The monoisotopic (exact) mass is 507 g/mol. The molecule has 9 nitrogen and oxygen atoms in total. The van der Waals surface area contributed by atoms with E-state index < -0.39 is 22.0 Å². The molecule has 0 bridgehead atoms. The maximum absolute atomic E-state index is 11.7. The fourth-order valence-corrected chi connectivity index (χ4v) is 3.30. The molecule has 0 fully saturated rings.